The number of benzene rings is 2. The van der Waals surface area contributed by atoms with Crippen molar-refractivity contribution in [2.24, 2.45) is 0 Å². The van der Waals surface area contributed by atoms with Crippen LogP contribution in [0, 0.1) is 0 Å². The van der Waals surface area contributed by atoms with Crippen molar-refractivity contribution < 1.29 is 139 Å². The quantitative estimate of drug-likeness (QED) is 0.122. The van der Waals surface area contributed by atoms with Gasteiger partial charge in [-0.1, -0.05) is 23.2 Å². The van der Waals surface area contributed by atoms with Crippen molar-refractivity contribution in [2.45, 2.75) is 19.6 Å². The van der Waals surface area contributed by atoms with Crippen LogP contribution in [-0.2, 0) is 29.3 Å². The number of halogens is 2. The van der Waals surface area contributed by atoms with E-state index in [0.717, 1.165) is 24.3 Å². The molecule has 0 aliphatic carbocycles. The van der Waals surface area contributed by atoms with Gasteiger partial charge in [0.1, 0.15) is 10.1 Å². The van der Waals surface area contributed by atoms with Gasteiger partial charge in [-0.3, -0.25) is 5.04 Å². The van der Waals surface area contributed by atoms with Crippen molar-refractivity contribution in [3.63, 3.8) is 0 Å². The van der Waals surface area contributed by atoms with Gasteiger partial charge in [0.05, 0.1) is 41.7 Å². The van der Waals surface area contributed by atoms with E-state index < -0.39 is 34.8 Å². The van der Waals surface area contributed by atoms with Gasteiger partial charge in [0, 0.05) is 0 Å². The second-order valence-corrected chi connectivity index (χ2v) is 9.22. The first-order chi connectivity index (χ1) is 11.6. The van der Waals surface area contributed by atoms with E-state index >= 15 is 0 Å². The topological polar surface area (TPSA) is 133 Å². The molecule has 27 heavy (non-hydrogen) atoms. The normalized spacial score (nSPS) is 11.4. The zero-order chi connectivity index (χ0) is 18.8. The van der Waals surface area contributed by atoms with Crippen LogP contribution in [0.5, 0.6) is 0 Å². The second kappa shape index (κ2) is 12.4. The Balaban J connectivity index is 0.00000338. The minimum atomic E-state index is -4.97. The zero-order valence-electron chi connectivity index (χ0n) is 13.7. The number of hydrogen-bond donors (Lipinski definition) is 0. The summed E-state index contributed by atoms with van der Waals surface area (Å²) in [6.45, 7) is 0. The smallest absolute Gasteiger partial charge is 0.744 e. The van der Waals surface area contributed by atoms with E-state index in [4.69, 9.17) is 23.2 Å². The van der Waals surface area contributed by atoms with Crippen LogP contribution in [0.15, 0.2) is 56.0 Å². The van der Waals surface area contributed by atoms with E-state index in [9.17, 15) is 26.6 Å². The Labute approximate surface area is 254 Å². The standard InChI is InChI=1S/C12H8Cl2O8S3.2K/c13-9-3-1-7(5-11(9)23-22-21-15)24(16,17)8-2-4-10(14)12(6-8)25(18,19)20;;/h1-6,15H,(H,18,19,20);;/q;2*+1/p-2. The molecule has 0 aliphatic heterocycles. The van der Waals surface area contributed by atoms with Crippen molar-refractivity contribution >= 4 is 55.2 Å². The van der Waals surface area contributed by atoms with Crippen molar-refractivity contribution in [1.29, 1.82) is 0 Å². The van der Waals surface area contributed by atoms with Gasteiger partial charge in [0.2, 0.25) is 9.84 Å². The predicted octanol–water partition coefficient (Wildman–Crippen LogP) is -4.03. The summed E-state index contributed by atoms with van der Waals surface area (Å²) in [4.78, 5) is -1.55. The van der Waals surface area contributed by atoms with Gasteiger partial charge < -0.3 is 9.81 Å². The van der Waals surface area contributed by atoms with Crippen LogP contribution in [0.1, 0.15) is 0 Å². The van der Waals surface area contributed by atoms with E-state index in [1.807, 2.05) is 0 Å². The Bertz CT molecular complexity index is 1020. The van der Waals surface area contributed by atoms with Gasteiger partial charge in [-0.25, -0.2) is 16.8 Å². The van der Waals surface area contributed by atoms with Gasteiger partial charge in [0.25, 0.3) is 0 Å². The molecule has 0 atom stereocenters. The number of sulfone groups is 1. The summed E-state index contributed by atoms with van der Waals surface area (Å²) >= 11 is 11.9. The van der Waals surface area contributed by atoms with E-state index in [0.29, 0.717) is 18.1 Å². The van der Waals surface area contributed by atoms with Crippen molar-refractivity contribution in [3.05, 3.63) is 46.4 Å². The fourth-order valence-electron chi connectivity index (χ4n) is 1.74. The molecule has 0 fully saturated rings. The summed E-state index contributed by atoms with van der Waals surface area (Å²) in [5.41, 5.74) is 0. The van der Waals surface area contributed by atoms with Crippen molar-refractivity contribution in [1.82, 2.24) is 0 Å². The molecule has 0 spiro atoms. The SMILES string of the molecule is O=S(=O)([O-])c1cc(S(=O)(=O)c2ccc(Cl)c(SOO[O-])c2)ccc1Cl.[K+].[K+]. The van der Waals surface area contributed by atoms with E-state index in [1.54, 1.807) is 0 Å². The van der Waals surface area contributed by atoms with Crippen LogP contribution >= 0.6 is 35.2 Å². The molecular weight excluding hydrogens is 517 g/mol. The maximum atomic E-state index is 12.6. The van der Waals surface area contributed by atoms with E-state index in [-0.39, 0.29) is 118 Å². The Hall–Kier alpha value is 2.38. The average molecular weight is 523 g/mol. The molecule has 0 saturated heterocycles. The third kappa shape index (κ3) is 7.78. The molecular formula is C12H6Cl2K2O8S3. The summed E-state index contributed by atoms with van der Waals surface area (Å²) in [7, 11) is -9.18. The van der Waals surface area contributed by atoms with Crippen LogP contribution in [-0.4, -0.2) is 21.4 Å². The average Bonchev–Trinajstić information content (AvgIpc) is 2.53. The molecule has 0 heterocycles. The van der Waals surface area contributed by atoms with Crippen molar-refractivity contribution in [2.75, 3.05) is 0 Å². The fraction of sp³-hybridized carbons (Fsp3) is 0. The second-order valence-electron chi connectivity index (χ2n) is 4.36. The summed E-state index contributed by atoms with van der Waals surface area (Å²) in [5, 5.41) is 12.7. The largest absolute Gasteiger partial charge is 1.00 e. The van der Waals surface area contributed by atoms with Crippen LogP contribution in [0.3, 0.4) is 0 Å². The van der Waals surface area contributed by atoms with Gasteiger partial charge in [0.15, 0.2) is 0 Å². The molecule has 0 aliphatic rings. The molecule has 0 radical (unpaired) electrons. The molecule has 0 aromatic heterocycles. The molecule has 2 aromatic carbocycles. The van der Waals surface area contributed by atoms with E-state index in [1.165, 1.54) is 6.07 Å². The van der Waals surface area contributed by atoms with Crippen LogP contribution < -0.4 is 108 Å². The molecule has 0 N–H and O–H groups in total. The summed E-state index contributed by atoms with van der Waals surface area (Å²) in [5.74, 6) is 0. The fourth-order valence-corrected chi connectivity index (χ4v) is 4.82. The molecule has 0 unspecified atom stereocenters. The molecule has 2 aromatic rings. The predicted molar refractivity (Wildman–Crippen MR) is 84.3 cm³/mol. The molecule has 0 saturated carbocycles. The van der Waals surface area contributed by atoms with Gasteiger partial charge >= 0.3 is 103 Å². The van der Waals surface area contributed by atoms with Gasteiger partial charge in [-0.15, -0.1) is 0 Å². The third-order valence-corrected chi connectivity index (χ3v) is 7.00. The van der Waals surface area contributed by atoms with Crippen molar-refractivity contribution in [3.8, 4) is 0 Å². The van der Waals surface area contributed by atoms with E-state index in [2.05, 4.69) is 9.37 Å². The first-order valence-corrected chi connectivity index (χ1v) is 10.4. The molecule has 2 rings (SSSR count). The molecule has 0 amide bonds. The maximum Gasteiger partial charge on any atom is 1.00 e. The first kappa shape index (κ1) is 29.4. The summed E-state index contributed by atoms with van der Waals surface area (Å²) < 4.78 is 62.9. The summed E-state index contributed by atoms with van der Waals surface area (Å²) in [6, 6.07) is 6.16. The Morgan fingerprint density at radius 2 is 1.41 bits per heavy atom. The third-order valence-electron chi connectivity index (χ3n) is 2.85. The van der Waals surface area contributed by atoms with Crippen LogP contribution in [0.25, 0.3) is 0 Å². The van der Waals surface area contributed by atoms with Gasteiger partial charge in [-0.05, 0) is 36.4 Å². The molecule has 136 valence electrons. The zero-order valence-corrected chi connectivity index (χ0v) is 23.9. The Kier molecular flexibility index (Phi) is 13.5. The van der Waals surface area contributed by atoms with Gasteiger partial charge in [-0.2, -0.15) is 4.33 Å². The monoisotopic (exact) mass is 522 g/mol. The summed E-state index contributed by atoms with van der Waals surface area (Å²) in [6.07, 6.45) is 0. The first-order valence-electron chi connectivity index (χ1n) is 6.00. The van der Waals surface area contributed by atoms with Crippen LogP contribution in [0.4, 0.5) is 0 Å². The maximum absolute atomic E-state index is 12.6. The Morgan fingerprint density at radius 1 is 0.889 bits per heavy atom. The molecule has 15 heteroatoms. The number of rotatable bonds is 6. The minimum Gasteiger partial charge on any atom is -0.744 e. The minimum absolute atomic E-state index is 0. The van der Waals surface area contributed by atoms with Crippen LogP contribution in [0.2, 0.25) is 10.0 Å². The molecule has 0 bridgehead atoms. The number of hydrogen-bond acceptors (Lipinski definition) is 9. The molecule has 8 nitrogen and oxygen atoms in total. The Morgan fingerprint density at radius 3 is 1.93 bits per heavy atom.